The largest absolute Gasteiger partial charge is 0.472 e. The number of hydrogen-bond acceptors (Lipinski definition) is 15. The van der Waals surface area contributed by atoms with Crippen molar-refractivity contribution in [2.45, 2.75) is 369 Å². The van der Waals surface area contributed by atoms with Crippen LogP contribution >= 0.6 is 15.6 Å². The van der Waals surface area contributed by atoms with Gasteiger partial charge in [0, 0.05) is 25.7 Å². The van der Waals surface area contributed by atoms with Gasteiger partial charge in [0.2, 0.25) is 0 Å². The topological polar surface area (TPSA) is 237 Å². The van der Waals surface area contributed by atoms with Crippen LogP contribution in [0.25, 0.3) is 0 Å². The first-order valence-corrected chi connectivity index (χ1v) is 39.7. The van der Waals surface area contributed by atoms with Crippen molar-refractivity contribution in [3.63, 3.8) is 0 Å². The molecule has 0 aliphatic rings. The second-order valence-corrected chi connectivity index (χ2v) is 30.4. The Balaban J connectivity index is 5.20. The van der Waals surface area contributed by atoms with E-state index in [0.717, 1.165) is 108 Å². The fourth-order valence-electron chi connectivity index (χ4n) is 10.7. The number of carbonyl (C=O) groups excluding carboxylic acids is 4. The second kappa shape index (κ2) is 60.7. The first-order chi connectivity index (χ1) is 43.1. The SMILES string of the molecule is CC(C)CCCCCCCCCCCCCCCCCCC(=O)O[C@H](COC(=O)CCCCCCCCCCCC(C)C)COP(=O)(O)OCC(O)COP(=O)(O)OC[C@@H](COC(=O)CCCCCCCCCC(C)C)OC(=O)CCCCCCCCC(C)C. The quantitative estimate of drug-likeness (QED) is 0.0222. The fourth-order valence-corrected chi connectivity index (χ4v) is 12.2. The third-order valence-electron chi connectivity index (χ3n) is 16.3. The van der Waals surface area contributed by atoms with E-state index in [9.17, 15) is 43.2 Å². The van der Waals surface area contributed by atoms with Gasteiger partial charge in [-0.2, -0.15) is 0 Å². The molecule has 0 spiro atoms. The maximum Gasteiger partial charge on any atom is 0.472 e. The molecule has 0 fully saturated rings. The van der Waals surface area contributed by atoms with Crippen molar-refractivity contribution in [1.29, 1.82) is 0 Å². The predicted octanol–water partition coefficient (Wildman–Crippen LogP) is 20.1. The molecule has 3 unspecified atom stereocenters. The van der Waals surface area contributed by atoms with Crippen molar-refractivity contribution >= 4 is 39.5 Å². The van der Waals surface area contributed by atoms with Gasteiger partial charge < -0.3 is 33.8 Å². The molecule has 19 heteroatoms. The lowest BCUT2D eigenvalue weighted by Gasteiger charge is -2.21. The van der Waals surface area contributed by atoms with Gasteiger partial charge in [-0.3, -0.25) is 37.3 Å². The molecule has 5 atom stereocenters. The second-order valence-electron chi connectivity index (χ2n) is 27.5. The number of unbranched alkanes of at least 4 members (excludes halogenated alkanes) is 34. The van der Waals surface area contributed by atoms with Gasteiger partial charge in [0.1, 0.15) is 19.3 Å². The van der Waals surface area contributed by atoms with Gasteiger partial charge in [0.05, 0.1) is 26.4 Å². The van der Waals surface area contributed by atoms with Crippen LogP contribution < -0.4 is 0 Å². The minimum absolute atomic E-state index is 0.101. The Bertz CT molecular complexity index is 1780. The molecule has 0 aliphatic heterocycles. The van der Waals surface area contributed by atoms with Crippen LogP contribution in [0.4, 0.5) is 0 Å². The lowest BCUT2D eigenvalue weighted by Crippen LogP contribution is -2.30. The summed E-state index contributed by atoms with van der Waals surface area (Å²) >= 11 is 0. The molecule has 0 radical (unpaired) electrons. The van der Waals surface area contributed by atoms with Crippen LogP contribution in [0.15, 0.2) is 0 Å². The Morgan fingerprint density at radius 1 is 0.278 bits per heavy atom. The van der Waals surface area contributed by atoms with Crippen LogP contribution in [0.2, 0.25) is 0 Å². The van der Waals surface area contributed by atoms with Crippen LogP contribution in [0.5, 0.6) is 0 Å². The Labute approximate surface area is 549 Å². The summed E-state index contributed by atoms with van der Waals surface area (Å²) in [5, 5.41) is 10.6. The molecule has 0 amide bonds. The molecule has 0 saturated carbocycles. The van der Waals surface area contributed by atoms with E-state index in [4.69, 9.17) is 37.0 Å². The van der Waals surface area contributed by atoms with Crippen molar-refractivity contribution in [2.24, 2.45) is 23.7 Å². The smallest absolute Gasteiger partial charge is 0.462 e. The van der Waals surface area contributed by atoms with E-state index >= 15 is 0 Å². The van der Waals surface area contributed by atoms with Crippen molar-refractivity contribution in [2.75, 3.05) is 39.6 Å². The van der Waals surface area contributed by atoms with E-state index in [-0.39, 0.29) is 25.7 Å². The summed E-state index contributed by atoms with van der Waals surface area (Å²) in [5.74, 6) is 0.794. The predicted molar refractivity (Wildman–Crippen MR) is 363 cm³/mol. The normalized spacial score (nSPS) is 14.3. The van der Waals surface area contributed by atoms with E-state index in [1.807, 2.05) is 0 Å². The minimum atomic E-state index is -4.95. The molecule has 0 saturated heterocycles. The average Bonchev–Trinajstić information content (AvgIpc) is 3.69. The maximum atomic E-state index is 13.0. The third kappa shape index (κ3) is 64.8. The molecule has 0 aromatic rings. The van der Waals surface area contributed by atoms with Gasteiger partial charge in [-0.1, -0.05) is 299 Å². The van der Waals surface area contributed by atoms with Crippen molar-refractivity contribution in [1.82, 2.24) is 0 Å². The molecule has 90 heavy (non-hydrogen) atoms. The molecule has 0 heterocycles. The summed E-state index contributed by atoms with van der Waals surface area (Å²) in [6.45, 7) is 14.0. The van der Waals surface area contributed by atoms with Gasteiger partial charge >= 0.3 is 39.5 Å². The molecule has 0 bridgehead atoms. The summed E-state index contributed by atoms with van der Waals surface area (Å²) in [6.07, 6.45) is 43.4. The van der Waals surface area contributed by atoms with E-state index in [1.165, 1.54) is 148 Å². The number of hydrogen-bond donors (Lipinski definition) is 3. The molecule has 0 aromatic heterocycles. The van der Waals surface area contributed by atoms with E-state index in [0.29, 0.717) is 37.5 Å². The highest BCUT2D eigenvalue weighted by molar-refractivity contribution is 7.47. The first kappa shape index (κ1) is 88.1. The number of phosphoric ester groups is 2. The van der Waals surface area contributed by atoms with Crippen molar-refractivity contribution < 1.29 is 80.2 Å². The molecule has 17 nitrogen and oxygen atoms in total. The van der Waals surface area contributed by atoms with E-state index < -0.39 is 97.5 Å². The monoisotopic (exact) mass is 1320 g/mol. The van der Waals surface area contributed by atoms with Crippen LogP contribution in [-0.4, -0.2) is 96.7 Å². The highest BCUT2D eigenvalue weighted by atomic mass is 31.2. The molecule has 534 valence electrons. The zero-order chi connectivity index (χ0) is 66.8. The van der Waals surface area contributed by atoms with Gasteiger partial charge in [-0.25, -0.2) is 9.13 Å². The number of phosphoric acid groups is 2. The Kier molecular flexibility index (Phi) is 59.4. The van der Waals surface area contributed by atoms with Gasteiger partial charge in [-0.15, -0.1) is 0 Å². The number of aliphatic hydroxyl groups excluding tert-OH is 1. The first-order valence-electron chi connectivity index (χ1n) is 36.7. The molecular formula is C71H138O17P2. The highest BCUT2D eigenvalue weighted by Gasteiger charge is 2.30. The fraction of sp³-hybridized carbons (Fsp3) is 0.944. The van der Waals surface area contributed by atoms with E-state index in [1.54, 1.807) is 0 Å². The Hall–Kier alpha value is -1.94. The lowest BCUT2D eigenvalue weighted by atomic mass is 10.0. The number of ether oxygens (including phenoxy) is 4. The van der Waals surface area contributed by atoms with Crippen LogP contribution in [0.1, 0.15) is 351 Å². The number of rotatable bonds is 68. The summed E-state index contributed by atoms with van der Waals surface area (Å²) in [7, 11) is -9.90. The highest BCUT2D eigenvalue weighted by Crippen LogP contribution is 2.45. The number of carbonyl (C=O) groups is 4. The van der Waals surface area contributed by atoms with Gasteiger partial charge in [0.25, 0.3) is 0 Å². The van der Waals surface area contributed by atoms with Crippen molar-refractivity contribution in [3.8, 4) is 0 Å². The standard InChI is InChI=1S/C71H138O17P2/c1-61(2)47-39-31-23-18-15-13-11-9-10-12-14-16-20-27-37-45-53-70(75)87-66(57-81-68(73)51-43-35-26-21-17-19-24-32-40-48-62(3)4)59-85-89(77,78)83-55-65(72)56-84-90(79,80)86-60-67(88-71(76)54-46-38-30-29-34-42-50-64(7)8)58-82-69(74)52-44-36-28-22-25-33-41-49-63(5)6/h61-67,72H,9-60H2,1-8H3,(H,77,78)(H,79,80)/t65?,66-,67-/m1/s1. The Morgan fingerprint density at radius 3 is 0.689 bits per heavy atom. The zero-order valence-electron chi connectivity index (χ0n) is 58.8. The van der Waals surface area contributed by atoms with Gasteiger partial charge in [0.15, 0.2) is 12.2 Å². The molecular weight excluding hydrogens is 1190 g/mol. The lowest BCUT2D eigenvalue weighted by molar-refractivity contribution is -0.161. The molecule has 3 N–H and O–H groups in total. The Morgan fingerprint density at radius 2 is 0.467 bits per heavy atom. The summed E-state index contributed by atoms with van der Waals surface area (Å²) in [5.41, 5.74) is 0. The summed E-state index contributed by atoms with van der Waals surface area (Å²) in [4.78, 5) is 72.5. The van der Waals surface area contributed by atoms with E-state index in [2.05, 4.69) is 55.4 Å². The van der Waals surface area contributed by atoms with Crippen molar-refractivity contribution in [3.05, 3.63) is 0 Å². The zero-order valence-corrected chi connectivity index (χ0v) is 60.6. The maximum absolute atomic E-state index is 13.0. The summed E-state index contributed by atoms with van der Waals surface area (Å²) < 4.78 is 68.2. The minimum Gasteiger partial charge on any atom is -0.462 e. The van der Waals surface area contributed by atoms with Gasteiger partial charge in [-0.05, 0) is 49.4 Å². The molecule has 0 aliphatic carbocycles. The third-order valence-corrected chi connectivity index (χ3v) is 18.2. The number of aliphatic hydroxyl groups is 1. The van der Waals surface area contributed by atoms with Crippen LogP contribution in [0.3, 0.4) is 0 Å². The van der Waals surface area contributed by atoms with Crippen LogP contribution in [-0.2, 0) is 65.4 Å². The average molecular weight is 1330 g/mol. The molecule has 0 aromatic carbocycles. The molecule has 0 rings (SSSR count). The summed E-state index contributed by atoms with van der Waals surface area (Å²) in [6, 6.07) is 0. The number of esters is 4. The van der Waals surface area contributed by atoms with Crippen LogP contribution in [0, 0.1) is 23.7 Å².